The Morgan fingerprint density at radius 3 is 2.96 bits per heavy atom. The highest BCUT2D eigenvalue weighted by atomic mass is 35.5. The normalized spacial score (nSPS) is 17.8. The van der Waals surface area contributed by atoms with E-state index in [0.717, 1.165) is 29.7 Å². The van der Waals surface area contributed by atoms with E-state index < -0.39 is 0 Å². The molecule has 0 radical (unpaired) electrons. The van der Waals surface area contributed by atoms with Crippen molar-refractivity contribution in [2.75, 3.05) is 19.6 Å². The highest BCUT2D eigenvalue weighted by molar-refractivity contribution is 6.35. The lowest BCUT2D eigenvalue weighted by Crippen LogP contribution is -2.48. The van der Waals surface area contributed by atoms with Crippen molar-refractivity contribution in [1.29, 1.82) is 0 Å². The summed E-state index contributed by atoms with van der Waals surface area (Å²) in [5.41, 5.74) is 2.82. The lowest BCUT2D eigenvalue weighted by Gasteiger charge is -2.34. The van der Waals surface area contributed by atoms with Crippen molar-refractivity contribution in [3.63, 3.8) is 0 Å². The van der Waals surface area contributed by atoms with E-state index in [9.17, 15) is 4.79 Å². The zero-order valence-corrected chi connectivity index (χ0v) is 14.5. The minimum atomic E-state index is 0.114. The fraction of sp³-hybridized carbons (Fsp3) is 0.263. The zero-order valence-electron chi connectivity index (χ0n) is 13.7. The van der Waals surface area contributed by atoms with Gasteiger partial charge in [0.25, 0.3) is 0 Å². The molecule has 0 spiro atoms. The molecule has 1 fully saturated rings. The van der Waals surface area contributed by atoms with Crippen LogP contribution in [0.25, 0.3) is 11.0 Å². The van der Waals surface area contributed by atoms with Crippen LogP contribution in [0.2, 0.25) is 5.02 Å². The molecule has 1 aromatic carbocycles. The van der Waals surface area contributed by atoms with Crippen molar-refractivity contribution >= 4 is 28.5 Å². The Kier molecular flexibility index (Phi) is 4.42. The molecule has 3 heterocycles. The number of rotatable bonds is 3. The maximum atomic E-state index is 12.8. The fourth-order valence-electron chi connectivity index (χ4n) is 3.38. The molecule has 1 atom stereocenters. The van der Waals surface area contributed by atoms with E-state index in [0.29, 0.717) is 18.0 Å². The standard InChI is InChI=1S/C19H19ClN4O/c20-15-6-7-22-19-18(15)14(11-23-19)10-17(25)24-9-8-21-16(12-24)13-4-2-1-3-5-13/h1-7,11,16,21H,8-10,12H2,(H,22,23). The summed E-state index contributed by atoms with van der Waals surface area (Å²) in [7, 11) is 0. The average Bonchev–Trinajstić information content (AvgIpc) is 3.07. The van der Waals surface area contributed by atoms with Crippen LogP contribution in [-0.2, 0) is 11.2 Å². The fourth-order valence-corrected chi connectivity index (χ4v) is 3.65. The van der Waals surface area contributed by atoms with E-state index in [2.05, 4.69) is 27.4 Å². The van der Waals surface area contributed by atoms with Gasteiger partial charge in [0.1, 0.15) is 5.65 Å². The highest BCUT2D eigenvalue weighted by Gasteiger charge is 2.25. The van der Waals surface area contributed by atoms with Gasteiger partial charge in [0.2, 0.25) is 5.91 Å². The van der Waals surface area contributed by atoms with E-state index in [1.807, 2.05) is 29.3 Å². The molecular weight excluding hydrogens is 336 g/mol. The summed E-state index contributed by atoms with van der Waals surface area (Å²) in [6.07, 6.45) is 3.82. The third kappa shape index (κ3) is 3.25. The number of pyridine rings is 1. The van der Waals surface area contributed by atoms with Crippen LogP contribution in [0.1, 0.15) is 17.2 Å². The van der Waals surface area contributed by atoms with Crippen LogP contribution in [0.3, 0.4) is 0 Å². The maximum Gasteiger partial charge on any atom is 0.227 e. The van der Waals surface area contributed by atoms with Gasteiger partial charge < -0.3 is 15.2 Å². The van der Waals surface area contributed by atoms with Crippen molar-refractivity contribution in [3.8, 4) is 0 Å². The quantitative estimate of drug-likeness (QED) is 0.760. The van der Waals surface area contributed by atoms with Gasteiger partial charge in [-0.1, -0.05) is 41.9 Å². The van der Waals surface area contributed by atoms with Gasteiger partial charge in [0, 0.05) is 43.5 Å². The Bertz CT molecular complexity index is 893. The maximum absolute atomic E-state index is 12.8. The van der Waals surface area contributed by atoms with Crippen LogP contribution < -0.4 is 5.32 Å². The van der Waals surface area contributed by atoms with E-state index >= 15 is 0 Å². The van der Waals surface area contributed by atoms with Crippen LogP contribution in [0.4, 0.5) is 0 Å². The Hall–Kier alpha value is -2.37. The molecule has 1 aliphatic rings. The Morgan fingerprint density at radius 1 is 1.28 bits per heavy atom. The Balaban J connectivity index is 1.50. The topological polar surface area (TPSA) is 61.0 Å². The number of nitrogens with one attached hydrogen (secondary N) is 2. The third-order valence-corrected chi connectivity index (χ3v) is 4.99. The number of hydrogen-bond acceptors (Lipinski definition) is 3. The highest BCUT2D eigenvalue weighted by Crippen LogP contribution is 2.26. The molecule has 1 amide bonds. The molecule has 6 heteroatoms. The molecule has 3 aromatic rings. The lowest BCUT2D eigenvalue weighted by atomic mass is 10.0. The number of piperazine rings is 1. The molecule has 25 heavy (non-hydrogen) atoms. The van der Waals surface area contributed by atoms with Crippen LogP contribution in [0, 0.1) is 0 Å². The molecule has 1 aliphatic heterocycles. The first-order chi connectivity index (χ1) is 12.2. The van der Waals surface area contributed by atoms with Crippen molar-refractivity contribution < 1.29 is 4.79 Å². The van der Waals surface area contributed by atoms with Gasteiger partial charge in [-0.3, -0.25) is 4.79 Å². The van der Waals surface area contributed by atoms with Gasteiger partial charge in [-0.05, 0) is 17.2 Å². The molecule has 0 saturated carbocycles. The first-order valence-corrected chi connectivity index (χ1v) is 8.77. The van der Waals surface area contributed by atoms with Crippen molar-refractivity contribution in [3.05, 3.63) is 64.9 Å². The van der Waals surface area contributed by atoms with E-state index in [4.69, 9.17) is 11.6 Å². The van der Waals surface area contributed by atoms with Crippen molar-refractivity contribution in [2.45, 2.75) is 12.5 Å². The van der Waals surface area contributed by atoms with Gasteiger partial charge in [-0.15, -0.1) is 0 Å². The number of halogens is 1. The second-order valence-corrected chi connectivity index (χ2v) is 6.67. The van der Waals surface area contributed by atoms with Crippen LogP contribution in [0.15, 0.2) is 48.8 Å². The second-order valence-electron chi connectivity index (χ2n) is 6.26. The summed E-state index contributed by atoms with van der Waals surface area (Å²) >= 11 is 6.28. The predicted molar refractivity (Wildman–Crippen MR) is 98.6 cm³/mol. The third-order valence-electron chi connectivity index (χ3n) is 4.68. The zero-order chi connectivity index (χ0) is 17.2. The summed E-state index contributed by atoms with van der Waals surface area (Å²) < 4.78 is 0. The summed E-state index contributed by atoms with van der Waals surface area (Å²) in [4.78, 5) is 22.1. The number of aromatic nitrogens is 2. The van der Waals surface area contributed by atoms with Gasteiger partial charge in [-0.2, -0.15) is 0 Å². The van der Waals surface area contributed by atoms with E-state index in [1.165, 1.54) is 5.56 Å². The first-order valence-electron chi connectivity index (χ1n) is 8.39. The minimum Gasteiger partial charge on any atom is -0.346 e. The number of hydrogen-bond donors (Lipinski definition) is 2. The molecule has 2 N–H and O–H groups in total. The number of amides is 1. The minimum absolute atomic E-state index is 0.114. The number of fused-ring (bicyclic) bond motifs is 1. The lowest BCUT2D eigenvalue weighted by molar-refractivity contribution is -0.131. The second kappa shape index (κ2) is 6.86. The SMILES string of the molecule is O=C(Cc1c[nH]c2nccc(Cl)c12)N1CCNC(c2ccccc2)C1. The summed E-state index contributed by atoms with van der Waals surface area (Å²) in [5.74, 6) is 0.114. The predicted octanol–water partition coefficient (Wildman–Crippen LogP) is 2.93. The number of carbonyl (C=O) groups is 1. The molecule has 0 aliphatic carbocycles. The number of benzene rings is 1. The largest absolute Gasteiger partial charge is 0.346 e. The molecule has 4 rings (SSSR count). The number of carbonyl (C=O) groups excluding carboxylic acids is 1. The summed E-state index contributed by atoms with van der Waals surface area (Å²) in [6.45, 7) is 2.19. The van der Waals surface area contributed by atoms with Gasteiger partial charge in [-0.25, -0.2) is 4.98 Å². The van der Waals surface area contributed by atoms with Crippen LogP contribution in [0.5, 0.6) is 0 Å². The molecule has 2 aromatic heterocycles. The van der Waals surface area contributed by atoms with E-state index in [-0.39, 0.29) is 11.9 Å². The van der Waals surface area contributed by atoms with Crippen molar-refractivity contribution in [2.24, 2.45) is 0 Å². The molecular formula is C19H19ClN4O. The van der Waals surface area contributed by atoms with E-state index in [1.54, 1.807) is 12.3 Å². The monoisotopic (exact) mass is 354 g/mol. The summed E-state index contributed by atoms with van der Waals surface area (Å²) in [6, 6.07) is 12.2. The van der Waals surface area contributed by atoms with Crippen LogP contribution >= 0.6 is 11.6 Å². The van der Waals surface area contributed by atoms with Crippen LogP contribution in [-0.4, -0.2) is 40.4 Å². The molecule has 5 nitrogen and oxygen atoms in total. The Morgan fingerprint density at radius 2 is 2.12 bits per heavy atom. The van der Waals surface area contributed by atoms with Crippen molar-refractivity contribution in [1.82, 2.24) is 20.2 Å². The smallest absolute Gasteiger partial charge is 0.227 e. The van der Waals surface area contributed by atoms with Gasteiger partial charge >= 0.3 is 0 Å². The molecule has 1 unspecified atom stereocenters. The molecule has 128 valence electrons. The Labute approximate surface area is 151 Å². The molecule has 1 saturated heterocycles. The number of nitrogens with zero attached hydrogens (tertiary/aromatic N) is 2. The number of H-pyrrole nitrogens is 1. The summed E-state index contributed by atoms with van der Waals surface area (Å²) in [5, 5.41) is 4.95. The number of aromatic amines is 1. The van der Waals surface area contributed by atoms with Gasteiger partial charge in [0.15, 0.2) is 0 Å². The first kappa shape index (κ1) is 16.1. The van der Waals surface area contributed by atoms with Gasteiger partial charge in [0.05, 0.1) is 11.4 Å². The molecule has 0 bridgehead atoms. The average molecular weight is 355 g/mol.